The summed E-state index contributed by atoms with van der Waals surface area (Å²) in [5, 5.41) is 12.3. The topological polar surface area (TPSA) is 141 Å². The van der Waals surface area contributed by atoms with E-state index in [1.807, 2.05) is 18.2 Å². The SMILES string of the molecule is CN(C)C(=O)c1cc2c(-c3ccc([C@@H]4CCN(CCc5cccc6c(C7CCC(=O)NC7=O)nn(C)c56)CC4(F)F)cc3F)cc([C@H]3CCCN(C(=O)CCn4cccn4)C3)c(F)c2[nH]1. The van der Waals surface area contributed by atoms with Gasteiger partial charge in [-0.1, -0.05) is 30.3 Å². The lowest BCUT2D eigenvalue weighted by atomic mass is 9.84. The van der Waals surface area contributed by atoms with Gasteiger partial charge in [-0.2, -0.15) is 10.2 Å². The molecule has 17 heteroatoms. The van der Waals surface area contributed by atoms with Crippen molar-refractivity contribution in [2.24, 2.45) is 7.05 Å². The minimum absolute atomic E-state index is 0.0293. The number of amides is 4. The molecule has 1 unspecified atom stereocenters. The second-order valence-corrected chi connectivity index (χ2v) is 17.9. The fourth-order valence-corrected chi connectivity index (χ4v) is 10.1. The van der Waals surface area contributed by atoms with Crippen LogP contribution in [0.5, 0.6) is 0 Å². The Hall–Kier alpha value is -6.36. The fourth-order valence-electron chi connectivity index (χ4n) is 10.1. The van der Waals surface area contributed by atoms with Gasteiger partial charge in [0.05, 0.1) is 35.1 Å². The zero-order chi connectivity index (χ0) is 45.7. The Morgan fingerprint density at radius 3 is 2.52 bits per heavy atom. The minimum atomic E-state index is -3.19. The molecule has 0 saturated carbocycles. The van der Waals surface area contributed by atoms with Gasteiger partial charge in [0, 0.05) is 94.8 Å². The summed E-state index contributed by atoms with van der Waals surface area (Å²) in [6.07, 6.45) is 5.97. The predicted molar refractivity (Wildman–Crippen MR) is 235 cm³/mol. The summed E-state index contributed by atoms with van der Waals surface area (Å²) in [6.45, 7) is 1.34. The smallest absolute Gasteiger partial charge is 0.269 e. The van der Waals surface area contributed by atoms with Gasteiger partial charge in [0.1, 0.15) is 11.5 Å². The molecule has 3 aromatic carbocycles. The van der Waals surface area contributed by atoms with Gasteiger partial charge in [-0.15, -0.1) is 0 Å². The van der Waals surface area contributed by atoms with E-state index in [9.17, 15) is 19.2 Å². The normalized spacial score (nSPS) is 20.4. The van der Waals surface area contributed by atoms with Crippen molar-refractivity contribution in [2.45, 2.75) is 75.2 Å². The summed E-state index contributed by atoms with van der Waals surface area (Å²) in [7, 11) is 4.92. The number of likely N-dealkylation sites (tertiary alicyclic amines) is 2. The first-order chi connectivity index (χ1) is 31.2. The second-order valence-electron chi connectivity index (χ2n) is 17.9. The van der Waals surface area contributed by atoms with Gasteiger partial charge in [-0.05, 0) is 85.2 Å². The van der Waals surface area contributed by atoms with E-state index in [0.29, 0.717) is 63.1 Å². The van der Waals surface area contributed by atoms with Crippen LogP contribution in [0.3, 0.4) is 0 Å². The van der Waals surface area contributed by atoms with Crippen molar-refractivity contribution in [3.8, 4) is 11.1 Å². The lowest BCUT2D eigenvalue weighted by molar-refractivity contribution is -0.134. The molecule has 340 valence electrons. The molecule has 2 N–H and O–H groups in total. The number of rotatable bonds is 11. The zero-order valence-electron chi connectivity index (χ0n) is 36.6. The van der Waals surface area contributed by atoms with Crippen LogP contribution in [0.4, 0.5) is 17.6 Å². The number of halogens is 4. The van der Waals surface area contributed by atoms with E-state index in [2.05, 4.69) is 20.5 Å². The number of aromatic amines is 1. The third-order valence-electron chi connectivity index (χ3n) is 13.5. The lowest BCUT2D eigenvalue weighted by Crippen LogP contribution is -2.48. The van der Waals surface area contributed by atoms with E-state index < -0.39 is 47.8 Å². The Labute approximate surface area is 372 Å². The molecule has 3 aliphatic heterocycles. The summed E-state index contributed by atoms with van der Waals surface area (Å²) in [5.74, 6) is -7.94. The molecule has 3 aliphatic rings. The number of H-pyrrole nitrogens is 1. The van der Waals surface area contributed by atoms with Crippen LogP contribution in [0, 0.1) is 11.6 Å². The molecule has 4 amide bonds. The maximum absolute atomic E-state index is 16.7. The first kappa shape index (κ1) is 43.9. The van der Waals surface area contributed by atoms with E-state index >= 15 is 17.6 Å². The van der Waals surface area contributed by atoms with Crippen molar-refractivity contribution in [1.29, 1.82) is 0 Å². The fraction of sp³-hybridized carbons (Fsp3) is 0.417. The highest BCUT2D eigenvalue weighted by molar-refractivity contribution is 6.04. The quantitative estimate of drug-likeness (QED) is 0.107. The number of benzene rings is 3. The number of hydrogen-bond acceptors (Lipinski definition) is 7. The van der Waals surface area contributed by atoms with E-state index in [-0.39, 0.29) is 76.8 Å². The van der Waals surface area contributed by atoms with Crippen LogP contribution in [-0.4, -0.2) is 116 Å². The molecule has 6 heterocycles. The Kier molecular flexibility index (Phi) is 11.8. The zero-order valence-corrected chi connectivity index (χ0v) is 36.6. The Bertz CT molecular complexity index is 2820. The number of imide groups is 1. The molecule has 0 spiro atoms. The highest BCUT2D eigenvalue weighted by Crippen LogP contribution is 2.44. The van der Waals surface area contributed by atoms with Crippen LogP contribution in [0.15, 0.2) is 67.0 Å². The first-order valence-corrected chi connectivity index (χ1v) is 22.2. The average molecular weight is 894 g/mol. The summed E-state index contributed by atoms with van der Waals surface area (Å²) < 4.78 is 69.0. The molecular weight excluding hydrogens is 843 g/mol. The number of nitrogens with zero attached hydrogens (tertiary/aromatic N) is 7. The molecule has 65 heavy (non-hydrogen) atoms. The van der Waals surface area contributed by atoms with Gasteiger partial charge in [0.25, 0.3) is 11.8 Å². The predicted octanol–water partition coefficient (Wildman–Crippen LogP) is 6.88. The number of aryl methyl sites for hydroxylation is 2. The van der Waals surface area contributed by atoms with E-state index in [1.165, 1.54) is 23.1 Å². The summed E-state index contributed by atoms with van der Waals surface area (Å²) >= 11 is 0. The van der Waals surface area contributed by atoms with Gasteiger partial charge in [0.2, 0.25) is 17.7 Å². The monoisotopic (exact) mass is 893 g/mol. The standard InChI is InChI=1S/C48H51F4N9O4/c1-57(2)47(65)39-25-36-35(24-34(42(50)44(36)54-39)30-8-5-18-60(26-30)41(63)16-22-61-19-6-17-53-61)31-11-10-29(23-38(31)49)37-15-21-59(27-48(37,51)52)20-14-28-7-4-9-32-43(56-58(3)45(28)32)33-12-13-40(62)55-46(33)64/h4,6-7,9-11,17,19,23-25,30,33,37,54H,5,8,12-16,18,20-22,26-27H2,1-3H3,(H,55,62,64)/t30-,33?,37-/m0/s1. The molecule has 6 aromatic rings. The third kappa shape index (κ3) is 8.53. The maximum atomic E-state index is 16.7. The Morgan fingerprint density at radius 2 is 1.78 bits per heavy atom. The van der Waals surface area contributed by atoms with E-state index in [0.717, 1.165) is 22.5 Å². The number of carbonyl (C=O) groups is 4. The molecule has 0 aliphatic carbocycles. The molecular formula is C48H51F4N9O4. The van der Waals surface area contributed by atoms with Crippen molar-refractivity contribution < 1.29 is 36.7 Å². The third-order valence-corrected chi connectivity index (χ3v) is 13.5. The summed E-state index contributed by atoms with van der Waals surface area (Å²) in [4.78, 5) is 58.6. The Balaban J connectivity index is 0.940. The molecule has 13 nitrogen and oxygen atoms in total. The first-order valence-electron chi connectivity index (χ1n) is 22.2. The molecule has 0 radical (unpaired) electrons. The number of hydrogen-bond donors (Lipinski definition) is 2. The van der Waals surface area contributed by atoms with Gasteiger partial charge < -0.3 is 14.8 Å². The van der Waals surface area contributed by atoms with E-state index in [1.54, 1.807) is 64.8 Å². The van der Waals surface area contributed by atoms with Gasteiger partial charge in [0.15, 0.2) is 5.82 Å². The van der Waals surface area contributed by atoms with Gasteiger partial charge in [-0.3, -0.25) is 38.8 Å². The molecule has 3 fully saturated rings. The molecule has 9 rings (SSSR count). The maximum Gasteiger partial charge on any atom is 0.269 e. The average Bonchev–Trinajstić information content (AvgIpc) is 4.05. The number of nitrogens with one attached hydrogen (secondary N) is 2. The van der Waals surface area contributed by atoms with Crippen LogP contribution in [0.1, 0.15) is 89.2 Å². The van der Waals surface area contributed by atoms with Crippen molar-refractivity contribution >= 4 is 45.4 Å². The van der Waals surface area contributed by atoms with E-state index in [4.69, 9.17) is 0 Å². The van der Waals surface area contributed by atoms with Crippen molar-refractivity contribution in [3.05, 3.63) is 107 Å². The molecule has 3 atom stereocenters. The van der Waals surface area contributed by atoms with Crippen LogP contribution in [0.25, 0.3) is 32.9 Å². The van der Waals surface area contributed by atoms with Crippen molar-refractivity contribution in [1.82, 2.24) is 44.6 Å². The van der Waals surface area contributed by atoms with Gasteiger partial charge in [-0.25, -0.2) is 17.6 Å². The van der Waals surface area contributed by atoms with Crippen LogP contribution >= 0.6 is 0 Å². The number of carbonyl (C=O) groups excluding carboxylic acids is 4. The number of fused-ring (bicyclic) bond motifs is 2. The van der Waals surface area contributed by atoms with Crippen molar-refractivity contribution in [2.75, 3.05) is 46.8 Å². The highest BCUT2D eigenvalue weighted by Gasteiger charge is 2.45. The largest absolute Gasteiger partial charge is 0.348 e. The van der Waals surface area contributed by atoms with Crippen molar-refractivity contribution in [3.63, 3.8) is 0 Å². The minimum Gasteiger partial charge on any atom is -0.348 e. The highest BCUT2D eigenvalue weighted by atomic mass is 19.3. The number of aromatic nitrogens is 5. The number of para-hydroxylation sites is 1. The molecule has 3 saturated heterocycles. The van der Waals surface area contributed by atoms with Gasteiger partial charge >= 0.3 is 0 Å². The van der Waals surface area contributed by atoms with Crippen LogP contribution in [0.2, 0.25) is 0 Å². The Morgan fingerprint density at radius 1 is 0.954 bits per heavy atom. The molecule has 3 aromatic heterocycles. The second kappa shape index (κ2) is 17.6. The summed E-state index contributed by atoms with van der Waals surface area (Å²) in [5.41, 5.74) is 3.26. The van der Waals surface area contributed by atoms with Crippen LogP contribution < -0.4 is 5.32 Å². The summed E-state index contributed by atoms with van der Waals surface area (Å²) in [6, 6.07) is 14.7. The van der Waals surface area contributed by atoms with Crippen LogP contribution in [-0.2, 0) is 34.4 Å². The lowest BCUT2D eigenvalue weighted by Gasteiger charge is -2.38. The number of alkyl halides is 2. The number of piperidine rings is 3. The molecule has 0 bridgehead atoms.